The normalized spacial score (nSPS) is 26.2. The van der Waals surface area contributed by atoms with Crippen LogP contribution in [-0.2, 0) is 9.53 Å². The van der Waals surface area contributed by atoms with Crippen LogP contribution in [0.1, 0.15) is 46.5 Å². The second-order valence-corrected chi connectivity index (χ2v) is 4.76. The summed E-state index contributed by atoms with van der Waals surface area (Å²) in [6, 6.07) is 0. The Bertz CT molecular complexity index is 211. The molecule has 2 unspecified atom stereocenters. The van der Waals surface area contributed by atoms with Crippen molar-refractivity contribution < 1.29 is 14.6 Å². The lowest BCUT2D eigenvalue weighted by Crippen LogP contribution is -2.23. The topological polar surface area (TPSA) is 49.8 Å². The number of carbonyl (C=O) groups is 1. The number of hydrogen-bond donors (Lipinski definition) is 1. The van der Waals surface area contributed by atoms with Gasteiger partial charge in [-0.1, -0.05) is 40.0 Å². The summed E-state index contributed by atoms with van der Waals surface area (Å²) < 4.78 is 5.17. The molecule has 14 heavy (non-hydrogen) atoms. The van der Waals surface area contributed by atoms with Gasteiger partial charge in [0.1, 0.15) is 6.10 Å². The van der Waals surface area contributed by atoms with E-state index in [1.807, 2.05) is 0 Å². The number of carboxylic acids is 1. The Hall–Kier alpha value is -0.570. The molecule has 1 N–H and O–H groups in total. The monoisotopic (exact) mass is 200 g/mol. The van der Waals surface area contributed by atoms with Crippen LogP contribution in [0.25, 0.3) is 0 Å². The van der Waals surface area contributed by atoms with Gasteiger partial charge >= 0.3 is 5.97 Å². The third kappa shape index (κ3) is 2.71. The van der Waals surface area contributed by atoms with Crippen molar-refractivity contribution in [3.05, 3.63) is 0 Å². The lowest BCUT2D eigenvalue weighted by molar-refractivity contribution is -0.138. The Morgan fingerprint density at radius 3 is 2.50 bits per heavy atom. The highest BCUT2D eigenvalue weighted by atomic mass is 16.6. The zero-order valence-electron chi connectivity index (χ0n) is 9.25. The van der Waals surface area contributed by atoms with E-state index in [-0.39, 0.29) is 11.5 Å². The molecule has 82 valence electrons. The van der Waals surface area contributed by atoms with E-state index in [4.69, 9.17) is 9.84 Å². The molecule has 2 atom stereocenters. The molecule has 1 rings (SSSR count). The molecule has 0 aliphatic carbocycles. The van der Waals surface area contributed by atoms with Gasteiger partial charge in [0.05, 0.1) is 0 Å². The molecule has 0 aromatic carbocycles. The average molecular weight is 200 g/mol. The summed E-state index contributed by atoms with van der Waals surface area (Å²) in [5, 5.41) is 8.73. The molecule has 1 saturated heterocycles. The Balaban J connectivity index is 2.32. The molecule has 1 heterocycles. The molecule has 1 fully saturated rings. The maximum atomic E-state index is 10.6. The van der Waals surface area contributed by atoms with Crippen LogP contribution in [0, 0.1) is 5.41 Å². The molecule has 0 spiro atoms. The zero-order chi connectivity index (χ0) is 10.8. The molecule has 1 aliphatic heterocycles. The van der Waals surface area contributed by atoms with Crippen molar-refractivity contribution in [3.8, 4) is 0 Å². The highest BCUT2D eigenvalue weighted by Gasteiger charge is 2.53. The van der Waals surface area contributed by atoms with E-state index >= 15 is 0 Å². The van der Waals surface area contributed by atoms with Gasteiger partial charge in [-0.25, -0.2) is 4.79 Å². The van der Waals surface area contributed by atoms with E-state index < -0.39 is 12.1 Å². The van der Waals surface area contributed by atoms with E-state index in [2.05, 4.69) is 20.8 Å². The van der Waals surface area contributed by atoms with Crippen molar-refractivity contribution in [1.82, 2.24) is 0 Å². The Kier molecular flexibility index (Phi) is 3.53. The third-order valence-electron chi connectivity index (χ3n) is 2.93. The van der Waals surface area contributed by atoms with Gasteiger partial charge in [0, 0.05) is 0 Å². The standard InChI is InChI=1S/C11H20O3/c1-4-5-6-7-11(2,3)9-8(14-9)10(12)13/h8-9H,4-7H2,1-3H3,(H,12,13). The molecule has 3 heteroatoms. The molecular weight excluding hydrogens is 180 g/mol. The molecule has 0 bridgehead atoms. The molecule has 0 aromatic heterocycles. The lowest BCUT2D eigenvalue weighted by atomic mass is 9.82. The van der Waals surface area contributed by atoms with Gasteiger partial charge in [-0.15, -0.1) is 0 Å². The van der Waals surface area contributed by atoms with Crippen molar-refractivity contribution >= 4 is 5.97 Å². The van der Waals surface area contributed by atoms with Crippen molar-refractivity contribution in [2.75, 3.05) is 0 Å². The van der Waals surface area contributed by atoms with Crippen molar-refractivity contribution in [3.63, 3.8) is 0 Å². The molecule has 1 aliphatic rings. The van der Waals surface area contributed by atoms with Crippen LogP contribution < -0.4 is 0 Å². The zero-order valence-corrected chi connectivity index (χ0v) is 9.25. The lowest BCUT2D eigenvalue weighted by Gasteiger charge is -2.21. The Morgan fingerprint density at radius 2 is 2.07 bits per heavy atom. The van der Waals surface area contributed by atoms with Crippen LogP contribution in [0.4, 0.5) is 0 Å². The third-order valence-corrected chi connectivity index (χ3v) is 2.93. The van der Waals surface area contributed by atoms with Gasteiger partial charge in [-0.2, -0.15) is 0 Å². The minimum Gasteiger partial charge on any atom is -0.479 e. The van der Waals surface area contributed by atoms with E-state index in [0.717, 1.165) is 12.8 Å². The van der Waals surface area contributed by atoms with E-state index in [0.29, 0.717) is 0 Å². The molecule has 0 radical (unpaired) electrons. The van der Waals surface area contributed by atoms with Gasteiger partial charge in [0.15, 0.2) is 6.10 Å². The van der Waals surface area contributed by atoms with Gasteiger partial charge in [0.2, 0.25) is 0 Å². The van der Waals surface area contributed by atoms with Gasteiger partial charge < -0.3 is 9.84 Å². The highest BCUT2D eigenvalue weighted by molar-refractivity contribution is 5.76. The summed E-state index contributed by atoms with van der Waals surface area (Å²) in [7, 11) is 0. The summed E-state index contributed by atoms with van der Waals surface area (Å²) >= 11 is 0. The van der Waals surface area contributed by atoms with Gasteiger partial charge in [-0.05, 0) is 11.8 Å². The largest absolute Gasteiger partial charge is 0.479 e. The van der Waals surface area contributed by atoms with Gasteiger partial charge in [-0.3, -0.25) is 0 Å². The van der Waals surface area contributed by atoms with Gasteiger partial charge in [0.25, 0.3) is 0 Å². The molecule has 3 nitrogen and oxygen atoms in total. The number of epoxide rings is 1. The first kappa shape index (κ1) is 11.5. The molecular formula is C11H20O3. The minimum absolute atomic E-state index is 0.0121. The quantitative estimate of drug-likeness (QED) is 0.529. The molecule has 0 saturated carbocycles. The second-order valence-electron chi connectivity index (χ2n) is 4.76. The Labute approximate surface area is 85.5 Å². The number of carboxylic acid groups (broad SMARTS) is 1. The Morgan fingerprint density at radius 1 is 1.43 bits per heavy atom. The van der Waals surface area contributed by atoms with Crippen LogP contribution in [0.3, 0.4) is 0 Å². The molecule has 0 aromatic rings. The van der Waals surface area contributed by atoms with Crippen LogP contribution in [0.5, 0.6) is 0 Å². The summed E-state index contributed by atoms with van der Waals surface area (Å²) in [5.41, 5.74) is 0.0121. The number of hydrogen-bond acceptors (Lipinski definition) is 2. The summed E-state index contributed by atoms with van der Waals surface area (Å²) in [6.07, 6.45) is 4.01. The first-order valence-corrected chi connectivity index (χ1v) is 5.37. The fourth-order valence-electron chi connectivity index (χ4n) is 1.87. The number of ether oxygens (including phenoxy) is 1. The summed E-state index contributed by atoms with van der Waals surface area (Å²) in [6.45, 7) is 6.35. The maximum absolute atomic E-state index is 10.6. The maximum Gasteiger partial charge on any atom is 0.335 e. The number of aliphatic carboxylic acids is 1. The van der Waals surface area contributed by atoms with Crippen LogP contribution in [-0.4, -0.2) is 23.3 Å². The number of unbranched alkanes of at least 4 members (excludes halogenated alkanes) is 2. The predicted molar refractivity (Wildman–Crippen MR) is 54.2 cm³/mol. The van der Waals surface area contributed by atoms with Crippen LogP contribution in [0.15, 0.2) is 0 Å². The summed E-state index contributed by atoms with van der Waals surface area (Å²) in [5.74, 6) is -0.821. The number of rotatable bonds is 6. The second kappa shape index (κ2) is 4.30. The van der Waals surface area contributed by atoms with Crippen molar-refractivity contribution in [2.45, 2.75) is 58.7 Å². The van der Waals surface area contributed by atoms with Crippen LogP contribution in [0.2, 0.25) is 0 Å². The fraction of sp³-hybridized carbons (Fsp3) is 0.909. The first-order valence-electron chi connectivity index (χ1n) is 5.37. The smallest absolute Gasteiger partial charge is 0.335 e. The van der Waals surface area contributed by atoms with E-state index in [9.17, 15) is 4.79 Å². The van der Waals surface area contributed by atoms with Crippen molar-refractivity contribution in [2.24, 2.45) is 5.41 Å². The minimum atomic E-state index is -0.821. The van der Waals surface area contributed by atoms with Crippen LogP contribution >= 0.6 is 0 Å². The van der Waals surface area contributed by atoms with E-state index in [1.165, 1.54) is 12.8 Å². The highest BCUT2D eigenvalue weighted by Crippen LogP contribution is 2.42. The SMILES string of the molecule is CCCCCC(C)(C)C1OC1C(=O)O. The fourth-order valence-corrected chi connectivity index (χ4v) is 1.87. The predicted octanol–water partition coefficient (Wildman–Crippen LogP) is 2.44. The van der Waals surface area contributed by atoms with Crippen molar-refractivity contribution in [1.29, 1.82) is 0 Å². The summed E-state index contributed by atoms with van der Waals surface area (Å²) in [4.78, 5) is 10.6. The first-order chi connectivity index (χ1) is 6.49. The average Bonchev–Trinajstić information content (AvgIpc) is 2.83. The van der Waals surface area contributed by atoms with E-state index in [1.54, 1.807) is 0 Å². The molecule has 0 amide bonds.